The number of aryl methyl sites for hydroxylation is 1. The van der Waals surface area contributed by atoms with Crippen LogP contribution in [0.3, 0.4) is 0 Å². The Morgan fingerprint density at radius 2 is 1.97 bits per heavy atom. The van der Waals surface area contributed by atoms with E-state index in [1.54, 1.807) is 6.92 Å². The van der Waals surface area contributed by atoms with Crippen molar-refractivity contribution in [3.8, 4) is 11.3 Å². The molecule has 1 amide bonds. The van der Waals surface area contributed by atoms with Crippen molar-refractivity contribution in [1.82, 2.24) is 5.16 Å². The molecular formula is C24H26N2O4S. The maximum Gasteiger partial charge on any atom is 0.341 e. The molecule has 1 aliphatic carbocycles. The summed E-state index contributed by atoms with van der Waals surface area (Å²) < 4.78 is 10.8. The number of rotatable bonds is 5. The summed E-state index contributed by atoms with van der Waals surface area (Å²) in [5, 5.41) is 7.60. The molecule has 0 bridgehead atoms. The van der Waals surface area contributed by atoms with Gasteiger partial charge in [-0.05, 0) is 51.5 Å². The van der Waals surface area contributed by atoms with E-state index in [0.717, 1.165) is 35.3 Å². The Bertz CT molecular complexity index is 1110. The Balaban J connectivity index is 1.71. The number of thiophene rings is 1. The largest absolute Gasteiger partial charge is 0.459 e. The molecule has 2 aromatic heterocycles. The fourth-order valence-corrected chi connectivity index (χ4v) is 5.32. The van der Waals surface area contributed by atoms with Gasteiger partial charge in [-0.1, -0.05) is 42.4 Å². The van der Waals surface area contributed by atoms with Crippen molar-refractivity contribution in [3.63, 3.8) is 0 Å². The Morgan fingerprint density at radius 3 is 2.68 bits per heavy atom. The number of amides is 1. The van der Waals surface area contributed by atoms with Gasteiger partial charge in [-0.2, -0.15) is 0 Å². The van der Waals surface area contributed by atoms with Crippen LogP contribution in [0.2, 0.25) is 0 Å². The molecule has 0 saturated heterocycles. The molecule has 1 atom stereocenters. The summed E-state index contributed by atoms with van der Waals surface area (Å²) >= 11 is 1.47. The van der Waals surface area contributed by atoms with E-state index < -0.39 is 0 Å². The highest BCUT2D eigenvalue weighted by molar-refractivity contribution is 7.17. The van der Waals surface area contributed by atoms with Gasteiger partial charge in [0, 0.05) is 10.4 Å². The van der Waals surface area contributed by atoms with E-state index >= 15 is 0 Å². The maximum absolute atomic E-state index is 13.3. The zero-order valence-electron chi connectivity index (χ0n) is 18.2. The smallest absolute Gasteiger partial charge is 0.341 e. The molecule has 0 radical (unpaired) electrons. The third-order valence-electron chi connectivity index (χ3n) is 5.42. The van der Waals surface area contributed by atoms with Crippen LogP contribution < -0.4 is 5.32 Å². The lowest BCUT2D eigenvalue weighted by atomic mass is 9.88. The van der Waals surface area contributed by atoms with Crippen molar-refractivity contribution < 1.29 is 18.8 Å². The summed E-state index contributed by atoms with van der Waals surface area (Å²) in [5.74, 6) is 0.247. The summed E-state index contributed by atoms with van der Waals surface area (Å²) in [4.78, 5) is 27.4. The van der Waals surface area contributed by atoms with Crippen LogP contribution in [0.15, 0.2) is 34.9 Å². The van der Waals surface area contributed by atoms with Gasteiger partial charge in [-0.15, -0.1) is 11.3 Å². The molecule has 6 nitrogen and oxygen atoms in total. The molecule has 1 N–H and O–H groups in total. The lowest BCUT2D eigenvalue weighted by Gasteiger charge is -2.18. The number of aromatic nitrogens is 1. The summed E-state index contributed by atoms with van der Waals surface area (Å²) in [7, 11) is 0. The number of ether oxygens (including phenoxy) is 1. The summed E-state index contributed by atoms with van der Waals surface area (Å²) in [6.45, 7) is 7.57. The van der Waals surface area contributed by atoms with Crippen molar-refractivity contribution in [1.29, 1.82) is 0 Å². The first-order valence-corrected chi connectivity index (χ1v) is 11.3. The van der Waals surface area contributed by atoms with Gasteiger partial charge < -0.3 is 14.6 Å². The first-order chi connectivity index (χ1) is 14.8. The number of carbonyl (C=O) groups excluding carboxylic acids is 2. The van der Waals surface area contributed by atoms with E-state index in [9.17, 15) is 9.59 Å². The fourth-order valence-electron chi connectivity index (χ4n) is 3.93. The number of hydrogen-bond acceptors (Lipinski definition) is 6. The summed E-state index contributed by atoms with van der Waals surface area (Å²) in [6, 6.07) is 9.43. The minimum absolute atomic E-state index is 0.237. The van der Waals surface area contributed by atoms with Gasteiger partial charge in [0.2, 0.25) is 0 Å². The van der Waals surface area contributed by atoms with Gasteiger partial charge in [0.05, 0.1) is 11.7 Å². The number of nitrogens with zero attached hydrogens (tertiary/aromatic N) is 1. The monoisotopic (exact) mass is 438 g/mol. The number of benzene rings is 1. The minimum Gasteiger partial charge on any atom is -0.459 e. The van der Waals surface area contributed by atoms with E-state index in [1.807, 2.05) is 44.2 Å². The number of fused-ring (bicyclic) bond motifs is 1. The van der Waals surface area contributed by atoms with Crippen LogP contribution in [0, 0.1) is 12.8 Å². The van der Waals surface area contributed by atoms with Crippen LogP contribution in [-0.2, 0) is 17.6 Å². The van der Waals surface area contributed by atoms with E-state index in [1.165, 1.54) is 11.3 Å². The number of esters is 1. The third-order valence-corrected chi connectivity index (χ3v) is 6.59. The Labute approximate surface area is 185 Å². The number of nitrogens with one attached hydrogen (secondary N) is 1. The van der Waals surface area contributed by atoms with Crippen LogP contribution in [-0.4, -0.2) is 23.1 Å². The molecule has 31 heavy (non-hydrogen) atoms. The normalized spacial score (nSPS) is 15.6. The van der Waals surface area contributed by atoms with E-state index in [2.05, 4.69) is 17.4 Å². The predicted octanol–water partition coefficient (Wildman–Crippen LogP) is 5.65. The second-order valence-corrected chi connectivity index (χ2v) is 9.40. The molecule has 3 aromatic rings. The third kappa shape index (κ3) is 4.28. The van der Waals surface area contributed by atoms with Gasteiger partial charge in [-0.25, -0.2) is 4.79 Å². The molecule has 0 saturated carbocycles. The van der Waals surface area contributed by atoms with E-state index in [-0.39, 0.29) is 18.0 Å². The van der Waals surface area contributed by atoms with Gasteiger partial charge >= 0.3 is 5.97 Å². The van der Waals surface area contributed by atoms with Crippen molar-refractivity contribution in [2.75, 3.05) is 5.32 Å². The Morgan fingerprint density at radius 1 is 1.23 bits per heavy atom. The summed E-state index contributed by atoms with van der Waals surface area (Å²) in [6.07, 6.45) is 2.49. The molecule has 1 aromatic carbocycles. The van der Waals surface area contributed by atoms with Crippen LogP contribution in [0.1, 0.15) is 64.1 Å². The van der Waals surface area contributed by atoms with Crippen molar-refractivity contribution in [3.05, 3.63) is 57.7 Å². The van der Waals surface area contributed by atoms with Crippen molar-refractivity contribution in [2.45, 2.75) is 53.1 Å². The lowest BCUT2D eigenvalue weighted by Crippen LogP contribution is -2.19. The highest BCUT2D eigenvalue weighted by Gasteiger charge is 2.31. The molecule has 0 spiro atoms. The number of anilines is 1. The SMILES string of the molecule is Cc1onc(-c2ccccc2)c1C(=O)Nc1sc2c(c1C(=O)OC(C)C)CC[C@@H](C)C2. The zero-order valence-corrected chi connectivity index (χ0v) is 19.0. The Kier molecular flexibility index (Phi) is 5.96. The average molecular weight is 439 g/mol. The number of carbonyl (C=O) groups is 2. The van der Waals surface area contributed by atoms with Crippen molar-refractivity contribution in [2.24, 2.45) is 5.92 Å². The molecule has 7 heteroatoms. The van der Waals surface area contributed by atoms with Crippen molar-refractivity contribution >= 4 is 28.2 Å². The lowest BCUT2D eigenvalue weighted by molar-refractivity contribution is 0.0378. The van der Waals surface area contributed by atoms with Gasteiger partial charge in [-0.3, -0.25) is 4.79 Å². The predicted molar refractivity (Wildman–Crippen MR) is 121 cm³/mol. The molecule has 1 aliphatic rings. The quantitative estimate of drug-likeness (QED) is 0.520. The first kappa shape index (κ1) is 21.3. The fraction of sp³-hybridized carbons (Fsp3) is 0.375. The second-order valence-electron chi connectivity index (χ2n) is 8.29. The first-order valence-electron chi connectivity index (χ1n) is 10.5. The number of hydrogen-bond donors (Lipinski definition) is 1. The van der Waals surface area contributed by atoms with Crippen LogP contribution in [0.4, 0.5) is 5.00 Å². The molecule has 0 unspecified atom stereocenters. The molecule has 162 valence electrons. The highest BCUT2D eigenvalue weighted by atomic mass is 32.1. The molecule has 2 heterocycles. The zero-order chi connectivity index (χ0) is 22.1. The Hall–Kier alpha value is -2.93. The minimum atomic E-state index is -0.386. The highest BCUT2D eigenvalue weighted by Crippen LogP contribution is 2.40. The standard InChI is InChI=1S/C24H26N2O4S/c1-13(2)29-24(28)20-17-11-10-14(3)12-18(17)31-23(20)25-22(27)19-15(4)30-26-21(19)16-8-6-5-7-9-16/h5-9,13-14H,10-12H2,1-4H3,(H,25,27)/t14-/m1/s1. The van der Waals surface area contributed by atoms with Crippen LogP contribution in [0.5, 0.6) is 0 Å². The average Bonchev–Trinajstić information content (AvgIpc) is 3.27. The molecular weight excluding hydrogens is 412 g/mol. The second kappa shape index (κ2) is 8.67. The summed E-state index contributed by atoms with van der Waals surface area (Å²) in [5.41, 5.74) is 3.15. The van der Waals surface area contributed by atoms with E-state index in [0.29, 0.717) is 33.5 Å². The maximum atomic E-state index is 13.3. The molecule has 4 rings (SSSR count). The molecule has 0 fully saturated rings. The van der Waals surface area contributed by atoms with Gasteiger partial charge in [0.25, 0.3) is 5.91 Å². The van der Waals surface area contributed by atoms with E-state index in [4.69, 9.17) is 9.26 Å². The van der Waals surface area contributed by atoms with Gasteiger partial charge in [0.15, 0.2) is 0 Å². The van der Waals surface area contributed by atoms with Gasteiger partial charge in [0.1, 0.15) is 22.0 Å². The molecule has 0 aliphatic heterocycles. The van der Waals surface area contributed by atoms with Crippen LogP contribution in [0.25, 0.3) is 11.3 Å². The topological polar surface area (TPSA) is 81.4 Å². The van der Waals surface area contributed by atoms with Crippen LogP contribution >= 0.6 is 11.3 Å².